The Hall–Kier alpha value is -2.80. The van der Waals surface area contributed by atoms with Crippen LogP contribution in [0.4, 0.5) is 23.4 Å². The SMILES string of the molecule is Cc1nnc(C2CCN(c3nnc(NC(=O)Cc4cccc(OC(F)(F)F)c4)s3)C2)s1. The second kappa shape index (κ2) is 8.75. The zero-order chi connectivity index (χ0) is 22.0. The fraction of sp³-hybridized carbons (Fsp3) is 0.389. The van der Waals surface area contributed by atoms with Crippen molar-refractivity contribution >= 4 is 38.8 Å². The third kappa shape index (κ3) is 5.67. The highest BCUT2D eigenvalue weighted by Crippen LogP contribution is 2.34. The van der Waals surface area contributed by atoms with Gasteiger partial charge in [0, 0.05) is 19.0 Å². The molecule has 0 aliphatic carbocycles. The molecule has 0 spiro atoms. The topological polar surface area (TPSA) is 93.1 Å². The quantitative estimate of drug-likeness (QED) is 0.586. The average molecular weight is 471 g/mol. The van der Waals surface area contributed by atoms with E-state index in [-0.39, 0.29) is 12.2 Å². The molecule has 1 amide bonds. The van der Waals surface area contributed by atoms with Crippen molar-refractivity contribution in [3.05, 3.63) is 39.8 Å². The Morgan fingerprint density at radius 3 is 2.84 bits per heavy atom. The van der Waals surface area contributed by atoms with Crippen molar-refractivity contribution in [2.24, 2.45) is 0 Å². The molecule has 164 valence electrons. The Morgan fingerprint density at radius 1 is 1.26 bits per heavy atom. The third-order valence-corrected chi connectivity index (χ3v) is 6.41. The highest BCUT2D eigenvalue weighted by atomic mass is 32.1. The van der Waals surface area contributed by atoms with Crippen molar-refractivity contribution in [1.82, 2.24) is 20.4 Å². The molecule has 1 saturated heterocycles. The lowest BCUT2D eigenvalue weighted by Crippen LogP contribution is -2.18. The standard InChI is InChI=1S/C18H17F3N6O2S2/c1-10-23-24-15(30-10)12-5-6-27(9-12)17-26-25-16(31-17)22-14(28)8-11-3-2-4-13(7-11)29-18(19,20)21/h2-4,7,12H,5-6,8-9H2,1H3,(H,22,25,28). The first-order chi connectivity index (χ1) is 14.7. The molecule has 1 atom stereocenters. The number of carbonyl (C=O) groups excluding carboxylic acids is 1. The van der Waals surface area contributed by atoms with E-state index in [4.69, 9.17) is 0 Å². The van der Waals surface area contributed by atoms with Crippen LogP contribution in [0.25, 0.3) is 0 Å². The highest BCUT2D eigenvalue weighted by Gasteiger charge is 2.31. The van der Waals surface area contributed by atoms with Gasteiger partial charge in [-0.2, -0.15) is 0 Å². The van der Waals surface area contributed by atoms with Crippen LogP contribution >= 0.6 is 22.7 Å². The van der Waals surface area contributed by atoms with E-state index in [2.05, 4.69) is 35.3 Å². The van der Waals surface area contributed by atoms with E-state index in [1.165, 1.54) is 29.5 Å². The summed E-state index contributed by atoms with van der Waals surface area (Å²) in [6.07, 6.45) is -3.97. The number of amides is 1. The molecule has 0 bridgehead atoms. The van der Waals surface area contributed by atoms with E-state index in [9.17, 15) is 18.0 Å². The number of alkyl halides is 3. The maximum Gasteiger partial charge on any atom is 0.573 e. The summed E-state index contributed by atoms with van der Waals surface area (Å²) >= 11 is 2.84. The van der Waals surface area contributed by atoms with Crippen LogP contribution in [0, 0.1) is 6.92 Å². The van der Waals surface area contributed by atoms with Crippen LogP contribution in [-0.2, 0) is 11.2 Å². The summed E-state index contributed by atoms with van der Waals surface area (Å²) in [7, 11) is 0. The van der Waals surface area contributed by atoms with Crippen LogP contribution < -0.4 is 15.0 Å². The number of carbonyl (C=O) groups is 1. The minimum Gasteiger partial charge on any atom is -0.406 e. The van der Waals surface area contributed by atoms with Crippen LogP contribution in [0.15, 0.2) is 24.3 Å². The van der Waals surface area contributed by atoms with Crippen LogP contribution in [0.2, 0.25) is 0 Å². The van der Waals surface area contributed by atoms with Gasteiger partial charge in [-0.3, -0.25) is 4.79 Å². The van der Waals surface area contributed by atoms with E-state index in [1.807, 2.05) is 6.92 Å². The van der Waals surface area contributed by atoms with Crippen LogP contribution in [0.3, 0.4) is 0 Å². The lowest BCUT2D eigenvalue weighted by molar-refractivity contribution is -0.274. The van der Waals surface area contributed by atoms with Gasteiger partial charge in [-0.15, -0.1) is 44.9 Å². The number of aryl methyl sites for hydroxylation is 1. The number of hydrogen-bond donors (Lipinski definition) is 1. The monoisotopic (exact) mass is 470 g/mol. The number of halogens is 3. The minimum atomic E-state index is -4.78. The van der Waals surface area contributed by atoms with Gasteiger partial charge in [-0.05, 0) is 31.0 Å². The van der Waals surface area contributed by atoms with Crippen molar-refractivity contribution in [1.29, 1.82) is 0 Å². The molecule has 1 aliphatic rings. The van der Waals surface area contributed by atoms with E-state index in [0.29, 0.717) is 21.7 Å². The average Bonchev–Trinajstić information content (AvgIpc) is 3.40. The molecule has 13 heteroatoms. The second-order valence-electron chi connectivity index (χ2n) is 6.90. The predicted octanol–water partition coefficient (Wildman–Crippen LogP) is 3.77. The molecule has 0 saturated carbocycles. The van der Waals surface area contributed by atoms with Gasteiger partial charge in [0.25, 0.3) is 0 Å². The lowest BCUT2D eigenvalue weighted by atomic mass is 10.1. The zero-order valence-electron chi connectivity index (χ0n) is 16.2. The lowest BCUT2D eigenvalue weighted by Gasteiger charge is -2.12. The maximum absolute atomic E-state index is 12.3. The second-order valence-corrected chi connectivity index (χ2v) is 9.07. The first-order valence-electron chi connectivity index (χ1n) is 9.28. The molecular formula is C18H17F3N6O2S2. The molecule has 1 aromatic carbocycles. The zero-order valence-corrected chi connectivity index (χ0v) is 17.9. The number of nitrogens with zero attached hydrogens (tertiary/aromatic N) is 5. The summed E-state index contributed by atoms with van der Waals surface area (Å²) in [4.78, 5) is 14.4. The minimum absolute atomic E-state index is 0.119. The summed E-state index contributed by atoms with van der Waals surface area (Å²) < 4.78 is 40.9. The van der Waals surface area contributed by atoms with E-state index in [1.54, 1.807) is 17.4 Å². The van der Waals surface area contributed by atoms with Gasteiger partial charge < -0.3 is 15.0 Å². The van der Waals surface area contributed by atoms with E-state index in [0.717, 1.165) is 29.5 Å². The number of rotatable bonds is 6. The molecule has 1 N–H and O–H groups in total. The van der Waals surface area contributed by atoms with Gasteiger partial charge in [0.2, 0.25) is 16.2 Å². The molecule has 8 nitrogen and oxygen atoms in total. The molecule has 3 aromatic rings. The van der Waals surface area contributed by atoms with Crippen molar-refractivity contribution < 1.29 is 22.7 Å². The van der Waals surface area contributed by atoms with Crippen molar-refractivity contribution in [3.8, 4) is 5.75 Å². The third-order valence-electron chi connectivity index (χ3n) is 4.51. The first-order valence-corrected chi connectivity index (χ1v) is 10.9. The Bertz CT molecular complexity index is 1070. The van der Waals surface area contributed by atoms with Gasteiger partial charge in [-0.25, -0.2) is 0 Å². The number of anilines is 2. The highest BCUT2D eigenvalue weighted by molar-refractivity contribution is 7.19. The van der Waals surface area contributed by atoms with Gasteiger partial charge in [-0.1, -0.05) is 23.5 Å². The van der Waals surface area contributed by atoms with Crippen LogP contribution in [0.5, 0.6) is 5.75 Å². The molecule has 1 fully saturated rings. The molecule has 0 radical (unpaired) electrons. The van der Waals surface area contributed by atoms with E-state index >= 15 is 0 Å². The summed E-state index contributed by atoms with van der Waals surface area (Å²) in [5.41, 5.74) is 0.388. The van der Waals surface area contributed by atoms with E-state index < -0.39 is 12.3 Å². The molecular weight excluding hydrogens is 453 g/mol. The smallest absolute Gasteiger partial charge is 0.406 e. The van der Waals surface area contributed by atoms with Crippen molar-refractivity contribution in [2.45, 2.75) is 32.0 Å². The molecule has 1 aliphatic heterocycles. The Labute approximate surface area is 183 Å². The van der Waals surface area contributed by atoms with Gasteiger partial charge in [0.15, 0.2) is 0 Å². The van der Waals surface area contributed by atoms with Crippen molar-refractivity contribution in [3.63, 3.8) is 0 Å². The molecule has 1 unspecified atom stereocenters. The normalized spacial score (nSPS) is 16.5. The van der Waals surface area contributed by atoms with Crippen LogP contribution in [0.1, 0.15) is 27.9 Å². The number of benzene rings is 1. The summed E-state index contributed by atoms with van der Waals surface area (Å²) in [6, 6.07) is 5.31. The maximum atomic E-state index is 12.3. The Balaban J connectivity index is 1.33. The number of nitrogens with one attached hydrogen (secondary N) is 1. The number of ether oxygens (including phenoxy) is 1. The predicted molar refractivity (Wildman–Crippen MR) is 110 cm³/mol. The van der Waals surface area contributed by atoms with Crippen LogP contribution in [-0.4, -0.2) is 45.8 Å². The summed E-state index contributed by atoms with van der Waals surface area (Å²) in [6.45, 7) is 3.48. The van der Waals surface area contributed by atoms with Gasteiger partial charge in [0.05, 0.1) is 6.42 Å². The fourth-order valence-electron chi connectivity index (χ4n) is 3.21. The molecule has 2 aromatic heterocycles. The summed E-state index contributed by atoms with van der Waals surface area (Å²) in [5, 5.41) is 22.1. The fourth-order valence-corrected chi connectivity index (χ4v) is 4.83. The molecule has 3 heterocycles. The first kappa shape index (κ1) is 21.4. The van der Waals surface area contributed by atoms with Gasteiger partial charge in [0.1, 0.15) is 15.8 Å². The Kier molecular flexibility index (Phi) is 6.05. The largest absolute Gasteiger partial charge is 0.573 e. The molecule has 4 rings (SSSR count). The molecule has 31 heavy (non-hydrogen) atoms. The van der Waals surface area contributed by atoms with Crippen molar-refractivity contribution in [2.75, 3.05) is 23.3 Å². The summed E-state index contributed by atoms with van der Waals surface area (Å²) in [5.74, 6) is -0.486. The number of aromatic nitrogens is 4. The number of hydrogen-bond acceptors (Lipinski definition) is 9. The van der Waals surface area contributed by atoms with Gasteiger partial charge >= 0.3 is 6.36 Å². The Morgan fingerprint density at radius 2 is 2.10 bits per heavy atom.